The zero-order valence-electron chi connectivity index (χ0n) is 15.0. The summed E-state index contributed by atoms with van der Waals surface area (Å²) in [5.74, 6) is -0.303. The summed E-state index contributed by atoms with van der Waals surface area (Å²) in [7, 11) is 1.62. The van der Waals surface area contributed by atoms with Crippen LogP contribution in [0.1, 0.15) is 38.6 Å². The van der Waals surface area contributed by atoms with Crippen molar-refractivity contribution in [3.8, 4) is 0 Å². The number of hydrogen-bond acceptors (Lipinski definition) is 5. The number of carboxylic acids is 1. The fourth-order valence-corrected chi connectivity index (χ4v) is 4.92. The van der Waals surface area contributed by atoms with Gasteiger partial charge >= 0.3 is 5.97 Å². The molecule has 0 aliphatic heterocycles. The molecular formula is C20H20N2O4S. The summed E-state index contributed by atoms with van der Waals surface area (Å²) in [6.07, 6.45) is 3.56. The van der Waals surface area contributed by atoms with Crippen LogP contribution in [0.15, 0.2) is 29.1 Å². The molecule has 3 aromatic rings. The molecule has 0 amide bonds. The van der Waals surface area contributed by atoms with Crippen molar-refractivity contribution in [2.75, 3.05) is 13.7 Å². The van der Waals surface area contributed by atoms with Gasteiger partial charge in [-0.1, -0.05) is 12.1 Å². The molecule has 1 aromatic carbocycles. The van der Waals surface area contributed by atoms with Crippen LogP contribution in [0.25, 0.3) is 10.2 Å². The number of carbonyl (C=O) groups is 1. The number of methoxy groups -OCH3 is 1. The van der Waals surface area contributed by atoms with Crippen LogP contribution in [0.2, 0.25) is 0 Å². The summed E-state index contributed by atoms with van der Waals surface area (Å²) in [6, 6.07) is 6.69. The van der Waals surface area contributed by atoms with Gasteiger partial charge < -0.3 is 9.84 Å². The highest BCUT2D eigenvalue weighted by atomic mass is 32.1. The van der Waals surface area contributed by atoms with Gasteiger partial charge in [0.2, 0.25) is 0 Å². The molecule has 2 heterocycles. The first-order valence-corrected chi connectivity index (χ1v) is 9.75. The Morgan fingerprint density at radius 1 is 1.37 bits per heavy atom. The molecule has 0 fully saturated rings. The maximum Gasteiger partial charge on any atom is 0.335 e. The van der Waals surface area contributed by atoms with Crippen molar-refractivity contribution >= 4 is 27.5 Å². The predicted molar refractivity (Wildman–Crippen MR) is 104 cm³/mol. The molecule has 1 aliphatic rings. The minimum absolute atomic E-state index is 0.0359. The number of aromatic nitrogens is 2. The number of benzene rings is 1. The molecule has 0 atom stereocenters. The minimum Gasteiger partial charge on any atom is -0.478 e. The van der Waals surface area contributed by atoms with Crippen LogP contribution in [0.4, 0.5) is 0 Å². The van der Waals surface area contributed by atoms with Gasteiger partial charge in [-0.15, -0.1) is 11.3 Å². The van der Waals surface area contributed by atoms with E-state index in [0.717, 1.165) is 40.6 Å². The highest BCUT2D eigenvalue weighted by Crippen LogP contribution is 2.34. The van der Waals surface area contributed by atoms with Crippen LogP contribution in [-0.2, 0) is 30.5 Å². The Bertz CT molecular complexity index is 1080. The average molecular weight is 384 g/mol. The summed E-state index contributed by atoms with van der Waals surface area (Å²) in [6.45, 7) is 0.769. The summed E-state index contributed by atoms with van der Waals surface area (Å²) in [4.78, 5) is 31.4. The van der Waals surface area contributed by atoms with Crippen molar-refractivity contribution in [1.82, 2.24) is 9.55 Å². The number of aryl methyl sites for hydroxylation is 2. The lowest BCUT2D eigenvalue weighted by Gasteiger charge is -2.13. The van der Waals surface area contributed by atoms with Gasteiger partial charge in [-0.3, -0.25) is 9.36 Å². The zero-order valence-corrected chi connectivity index (χ0v) is 15.8. The summed E-state index contributed by atoms with van der Waals surface area (Å²) in [5, 5.41) is 9.96. The second-order valence-corrected chi connectivity index (χ2v) is 7.79. The van der Waals surface area contributed by atoms with Gasteiger partial charge in [0.25, 0.3) is 5.56 Å². The predicted octanol–water partition coefficient (Wildman–Crippen LogP) is 2.88. The first kappa shape index (κ1) is 17.9. The molecule has 2 aromatic heterocycles. The summed E-state index contributed by atoms with van der Waals surface area (Å²) >= 11 is 1.63. The van der Waals surface area contributed by atoms with Crippen molar-refractivity contribution in [1.29, 1.82) is 0 Å². The van der Waals surface area contributed by atoms with Gasteiger partial charge in [0.1, 0.15) is 10.7 Å². The minimum atomic E-state index is -0.979. The Balaban J connectivity index is 1.84. The van der Waals surface area contributed by atoms with Crippen LogP contribution in [0, 0.1) is 0 Å². The fraction of sp³-hybridized carbons (Fsp3) is 0.350. The second kappa shape index (κ2) is 7.25. The third kappa shape index (κ3) is 3.28. The van der Waals surface area contributed by atoms with Gasteiger partial charge in [0.15, 0.2) is 0 Å². The molecular weight excluding hydrogens is 364 g/mol. The molecule has 0 bridgehead atoms. The largest absolute Gasteiger partial charge is 0.478 e. The number of fused-ring (bicyclic) bond motifs is 3. The van der Waals surface area contributed by atoms with E-state index < -0.39 is 5.97 Å². The second-order valence-electron chi connectivity index (χ2n) is 6.71. The monoisotopic (exact) mass is 384 g/mol. The molecule has 6 nitrogen and oxygen atoms in total. The molecule has 0 spiro atoms. The Labute approximate surface area is 160 Å². The van der Waals surface area contributed by atoms with E-state index in [9.17, 15) is 14.7 Å². The topological polar surface area (TPSA) is 81.4 Å². The zero-order chi connectivity index (χ0) is 19.0. The molecule has 4 rings (SSSR count). The van der Waals surface area contributed by atoms with Crippen LogP contribution >= 0.6 is 11.3 Å². The molecule has 1 N–H and O–H groups in total. The SMILES string of the molecule is COCCc1nc2sc3c(c2c(=O)n1Cc1cccc(C(=O)O)c1)CCC3. The fourth-order valence-electron chi connectivity index (χ4n) is 3.65. The molecule has 140 valence electrons. The van der Waals surface area contributed by atoms with E-state index in [0.29, 0.717) is 25.4 Å². The average Bonchev–Trinajstić information content (AvgIpc) is 3.23. The number of thiophene rings is 1. The van der Waals surface area contributed by atoms with Crippen molar-refractivity contribution in [2.24, 2.45) is 0 Å². The number of carboxylic acid groups (broad SMARTS) is 1. The summed E-state index contributed by atoms with van der Waals surface area (Å²) in [5.41, 5.74) is 2.10. The van der Waals surface area contributed by atoms with Crippen LogP contribution in [-0.4, -0.2) is 34.3 Å². The van der Waals surface area contributed by atoms with Gasteiger partial charge in [-0.2, -0.15) is 0 Å². The van der Waals surface area contributed by atoms with E-state index >= 15 is 0 Å². The highest BCUT2D eigenvalue weighted by Gasteiger charge is 2.23. The lowest BCUT2D eigenvalue weighted by molar-refractivity contribution is 0.0696. The molecule has 0 radical (unpaired) electrons. The number of rotatable bonds is 6. The Kier molecular flexibility index (Phi) is 4.80. The quantitative estimate of drug-likeness (QED) is 0.707. The maximum absolute atomic E-state index is 13.3. The van der Waals surface area contributed by atoms with E-state index in [1.165, 1.54) is 4.88 Å². The van der Waals surface area contributed by atoms with Gasteiger partial charge in [-0.25, -0.2) is 9.78 Å². The molecule has 0 unspecified atom stereocenters. The van der Waals surface area contributed by atoms with Crippen LogP contribution in [0.3, 0.4) is 0 Å². The summed E-state index contributed by atoms with van der Waals surface area (Å²) < 4.78 is 6.86. The molecule has 0 saturated heterocycles. The molecule has 1 aliphatic carbocycles. The Morgan fingerprint density at radius 3 is 3.00 bits per heavy atom. The van der Waals surface area contributed by atoms with Gasteiger partial charge in [0, 0.05) is 18.4 Å². The molecule has 27 heavy (non-hydrogen) atoms. The first-order valence-electron chi connectivity index (χ1n) is 8.93. The number of hydrogen-bond donors (Lipinski definition) is 1. The van der Waals surface area contributed by atoms with Gasteiger partial charge in [0.05, 0.1) is 24.1 Å². The van der Waals surface area contributed by atoms with E-state index in [2.05, 4.69) is 0 Å². The Hall–Kier alpha value is -2.51. The highest BCUT2D eigenvalue weighted by molar-refractivity contribution is 7.18. The first-order chi connectivity index (χ1) is 13.1. The van der Waals surface area contributed by atoms with E-state index in [4.69, 9.17) is 9.72 Å². The van der Waals surface area contributed by atoms with Crippen molar-refractivity contribution in [2.45, 2.75) is 32.2 Å². The van der Waals surface area contributed by atoms with Crippen LogP contribution < -0.4 is 5.56 Å². The molecule has 0 saturated carbocycles. The smallest absolute Gasteiger partial charge is 0.335 e. The van der Waals surface area contributed by atoms with E-state index in [1.54, 1.807) is 41.2 Å². The van der Waals surface area contributed by atoms with Crippen LogP contribution in [0.5, 0.6) is 0 Å². The third-order valence-electron chi connectivity index (χ3n) is 4.95. The standard InChI is InChI=1S/C20H20N2O4S/c1-26-9-8-16-21-18-17(14-6-3-7-15(14)27-18)19(23)22(16)11-12-4-2-5-13(10-12)20(24)25/h2,4-5,10H,3,6-9,11H2,1H3,(H,24,25). The number of aromatic carboxylic acids is 1. The lowest BCUT2D eigenvalue weighted by Crippen LogP contribution is -2.27. The van der Waals surface area contributed by atoms with E-state index in [1.807, 2.05) is 6.07 Å². The number of nitrogens with zero attached hydrogens (tertiary/aromatic N) is 2. The molecule has 7 heteroatoms. The van der Waals surface area contributed by atoms with Crippen molar-refractivity contribution < 1.29 is 14.6 Å². The number of ether oxygens (including phenoxy) is 1. The van der Waals surface area contributed by atoms with E-state index in [-0.39, 0.29) is 11.1 Å². The van der Waals surface area contributed by atoms with Crippen molar-refractivity contribution in [3.05, 3.63) is 62.0 Å². The van der Waals surface area contributed by atoms with Gasteiger partial charge in [-0.05, 0) is 42.5 Å². The third-order valence-corrected chi connectivity index (χ3v) is 6.13. The Morgan fingerprint density at radius 2 is 2.22 bits per heavy atom. The lowest BCUT2D eigenvalue weighted by atomic mass is 10.1. The van der Waals surface area contributed by atoms with Crippen molar-refractivity contribution in [3.63, 3.8) is 0 Å². The normalized spacial score (nSPS) is 13.2. The maximum atomic E-state index is 13.3.